The minimum atomic E-state index is -10.7. The monoisotopic (exact) mass is 906 g/mol. The number of benzene rings is 2. The Labute approximate surface area is 310 Å². The molecule has 5 nitrogen and oxygen atoms in total. The van der Waals surface area contributed by atoms with Crippen LogP contribution in [0.4, 0.5) is 25.2 Å². The maximum Gasteiger partial charge on any atom is 0 e. The number of hydrogen-bond donors (Lipinski definition) is 0. The number of rotatable bonds is 5. The third kappa shape index (κ3) is 13.2. The van der Waals surface area contributed by atoms with Gasteiger partial charge >= 0.3 is 33.0 Å². The molecule has 0 saturated carbocycles. The van der Waals surface area contributed by atoms with E-state index < -0.39 is 7.81 Å². The molecule has 0 fully saturated rings. The first-order valence-corrected chi connectivity index (χ1v) is 17.5. The van der Waals surface area contributed by atoms with Gasteiger partial charge < -0.3 is 0 Å². The van der Waals surface area contributed by atoms with Crippen LogP contribution in [0.2, 0.25) is 0 Å². The summed E-state index contributed by atoms with van der Waals surface area (Å²) in [6, 6.07) is 42.7. The van der Waals surface area contributed by atoms with Gasteiger partial charge in [0.2, 0.25) is 0 Å². The van der Waals surface area contributed by atoms with Crippen molar-refractivity contribution in [1.82, 2.24) is 24.9 Å². The van der Waals surface area contributed by atoms with Gasteiger partial charge in [-0.25, -0.2) is 4.98 Å². The van der Waals surface area contributed by atoms with Crippen molar-refractivity contribution < 1.29 is 45.0 Å². The van der Waals surface area contributed by atoms with Gasteiger partial charge in [0.1, 0.15) is 0 Å². The normalized spacial score (nSPS) is 12.0. The van der Waals surface area contributed by atoms with Gasteiger partial charge in [0.15, 0.2) is 0 Å². The average molecular weight is 905 g/mol. The Balaban J connectivity index is 0.000000199. The van der Waals surface area contributed by atoms with E-state index in [9.17, 15) is 25.2 Å². The molecule has 13 heteroatoms. The summed E-state index contributed by atoms with van der Waals surface area (Å²) >= 11 is 0. The van der Waals surface area contributed by atoms with Gasteiger partial charge in [-0.3, -0.25) is 19.9 Å². The number of nitrogens with zero attached hydrogens (tertiary/aromatic N) is 5. The quantitative estimate of drug-likeness (QED) is 0.127. The fourth-order valence-electron chi connectivity index (χ4n) is 4.88. The van der Waals surface area contributed by atoms with Crippen LogP contribution >= 0.6 is 7.81 Å². The van der Waals surface area contributed by atoms with E-state index in [1.807, 2.05) is 85.2 Å². The number of pyridine rings is 5. The summed E-state index contributed by atoms with van der Waals surface area (Å²) in [6.07, 6.45) is 7.21. The molecule has 0 atom stereocenters. The van der Waals surface area contributed by atoms with Crippen LogP contribution in [-0.4, -0.2) is 24.9 Å². The largest absolute Gasteiger partial charge is 0 e. The van der Waals surface area contributed by atoms with E-state index in [1.54, 1.807) is 12.4 Å². The maximum atomic E-state index is 9.87. The molecule has 5 aromatic heterocycles. The van der Waals surface area contributed by atoms with Crippen molar-refractivity contribution in [3.05, 3.63) is 163 Å². The van der Waals surface area contributed by atoms with Crippen molar-refractivity contribution in [3.63, 3.8) is 0 Å². The molecule has 0 bridgehead atoms. The van der Waals surface area contributed by atoms with Crippen LogP contribution < -0.4 is 0 Å². The van der Waals surface area contributed by atoms with Crippen LogP contribution in [0, 0.1) is 13.8 Å². The summed E-state index contributed by atoms with van der Waals surface area (Å²) < 4.78 is 59.2. The molecule has 0 radical (unpaired) electrons. The molecule has 0 spiro atoms. The first kappa shape index (κ1) is 39.6. The van der Waals surface area contributed by atoms with E-state index >= 15 is 0 Å². The molecule has 0 aliphatic heterocycles. The summed E-state index contributed by atoms with van der Waals surface area (Å²) in [4.78, 5) is 22.5. The first-order valence-electron chi connectivity index (χ1n) is 15.5. The van der Waals surface area contributed by atoms with Crippen LogP contribution in [0.5, 0.6) is 0 Å². The minimum Gasteiger partial charge on any atom is 0 e. The smallest absolute Gasteiger partial charge is 0 e. The van der Waals surface area contributed by atoms with Crippen LogP contribution in [0.15, 0.2) is 152 Å². The molecule has 0 amide bonds. The molecule has 0 N–H and O–H groups in total. The topological polar surface area (TPSA) is 64.5 Å². The Bertz CT molecular complexity index is 2070. The second-order valence-electron chi connectivity index (χ2n) is 11.4. The van der Waals surface area contributed by atoms with Gasteiger partial charge in [-0.2, -0.15) is 0 Å². The van der Waals surface area contributed by atoms with Gasteiger partial charge in [-0.1, -0.05) is 54.1 Å². The maximum absolute atomic E-state index is 10.7. The Morgan fingerprint density at radius 2 is 0.731 bits per heavy atom. The zero-order chi connectivity index (χ0) is 36.5. The van der Waals surface area contributed by atoms with E-state index in [-0.39, 0.29) is 19.8 Å². The minimum absolute atomic E-state index is 0. The van der Waals surface area contributed by atoms with Crippen LogP contribution in [-0.2, 0) is 19.8 Å². The average Bonchev–Trinajstić information content (AvgIpc) is 3.12. The van der Waals surface area contributed by atoms with E-state index in [2.05, 4.69) is 88.4 Å². The zero-order valence-corrected chi connectivity index (χ0v) is 31.2. The molecule has 7 rings (SSSR count). The second kappa shape index (κ2) is 16.0. The molecule has 0 saturated heterocycles. The van der Waals surface area contributed by atoms with Crippen LogP contribution in [0.3, 0.4) is 0 Å². The molecule has 7 aromatic rings. The number of aromatic nitrogens is 5. The number of aryl methyl sites for hydroxylation is 2. The summed E-state index contributed by atoms with van der Waals surface area (Å²) in [5, 5.41) is 0. The third-order valence-corrected chi connectivity index (χ3v) is 7.06. The molecule has 52 heavy (non-hydrogen) atoms. The zero-order valence-electron chi connectivity index (χ0n) is 27.7. The van der Waals surface area contributed by atoms with Gasteiger partial charge in [0.25, 0.3) is 0 Å². The first-order chi connectivity index (χ1) is 24.1. The predicted molar refractivity (Wildman–Crippen MR) is 192 cm³/mol. The second-order valence-corrected chi connectivity index (χ2v) is 13.3. The fourth-order valence-corrected chi connectivity index (χ4v) is 4.88. The van der Waals surface area contributed by atoms with E-state index in [0.717, 1.165) is 56.4 Å². The Hall–Kier alpha value is -5.16. The summed E-state index contributed by atoms with van der Waals surface area (Å²) in [5.74, 6) is 0. The van der Waals surface area contributed by atoms with Crippen molar-refractivity contribution in [3.8, 4) is 56.4 Å². The van der Waals surface area contributed by atoms with E-state index in [4.69, 9.17) is 4.98 Å². The predicted octanol–water partition coefficient (Wildman–Crippen LogP) is 12.7. The fraction of sp³-hybridized carbons (Fsp3) is 0.0513. The molecule has 0 unspecified atom stereocenters. The van der Waals surface area contributed by atoms with E-state index in [0.29, 0.717) is 0 Å². The Morgan fingerprint density at radius 1 is 0.365 bits per heavy atom. The molecular formula is C39H31F6N5OsP-. The molecule has 0 aliphatic carbocycles. The van der Waals surface area contributed by atoms with Gasteiger partial charge in [0, 0.05) is 55.7 Å². The molecule has 5 heterocycles. The molecule has 2 aromatic carbocycles. The van der Waals surface area contributed by atoms with Gasteiger partial charge in [-0.05, 0) is 109 Å². The Kier molecular flexibility index (Phi) is 12.2. The Morgan fingerprint density at radius 3 is 1.08 bits per heavy atom. The van der Waals surface area contributed by atoms with Crippen LogP contribution in [0.1, 0.15) is 11.1 Å². The van der Waals surface area contributed by atoms with E-state index in [1.165, 1.54) is 11.1 Å². The van der Waals surface area contributed by atoms with Crippen LogP contribution in [0.25, 0.3) is 56.4 Å². The number of halogens is 6. The molecular weight excluding hydrogens is 874 g/mol. The number of hydrogen-bond acceptors (Lipinski definition) is 5. The summed E-state index contributed by atoms with van der Waals surface area (Å²) in [7, 11) is -10.7. The summed E-state index contributed by atoms with van der Waals surface area (Å²) in [5.41, 5.74) is 12.4. The van der Waals surface area contributed by atoms with Crippen molar-refractivity contribution in [2.75, 3.05) is 0 Å². The standard InChI is InChI=1S/C22H17N3.C17H14N2.F6P.Os/c1-16-8-10-17(11-9-16)18-14-21(19-6-2-4-12-23-19)25-22(15-18)20-7-3-5-13-24-20;1-13-10-14(16-6-2-4-8-18-16)12-15(11-13)17-7-3-5-9-19-17;1-7(2,3,4,5)6;/h2-15H,1H3;2-12H,1H3;;/q;;-1;. The summed E-state index contributed by atoms with van der Waals surface area (Å²) in [6.45, 7) is 4.19. The van der Waals surface area contributed by atoms with Crippen molar-refractivity contribution in [2.45, 2.75) is 13.8 Å². The van der Waals surface area contributed by atoms with Crippen molar-refractivity contribution in [1.29, 1.82) is 0 Å². The van der Waals surface area contributed by atoms with Gasteiger partial charge in [-0.15, -0.1) is 0 Å². The van der Waals surface area contributed by atoms with Crippen molar-refractivity contribution in [2.24, 2.45) is 0 Å². The van der Waals surface area contributed by atoms with Gasteiger partial charge in [0.05, 0.1) is 34.2 Å². The molecule has 0 aliphatic rings. The van der Waals surface area contributed by atoms with Crippen molar-refractivity contribution >= 4 is 7.81 Å². The third-order valence-electron chi connectivity index (χ3n) is 7.06. The SMILES string of the molecule is Cc1cc(-c2ccccn2)cc(-c2ccccn2)c1.Cc1ccc(-c2cc(-c3ccccn3)nc(-c3ccccn3)c2)cc1.F[P-](F)(F)(F)(F)F.[Os]. The molecule has 268 valence electrons.